The van der Waals surface area contributed by atoms with E-state index in [1.807, 2.05) is 0 Å². The maximum absolute atomic E-state index is 3.45. The number of benzene rings is 1. The molecule has 2 aliphatic rings. The van der Waals surface area contributed by atoms with Gasteiger partial charge in [-0.1, -0.05) is 12.1 Å². The normalized spacial score (nSPS) is 19.5. The van der Waals surface area contributed by atoms with E-state index in [1.165, 1.54) is 76.0 Å². The Bertz CT molecular complexity index is 382. The minimum atomic E-state index is 0. The molecular weight excluding hydrogens is 303 g/mol. The van der Waals surface area contributed by atoms with Gasteiger partial charge in [0.25, 0.3) is 0 Å². The molecule has 1 aromatic carbocycles. The van der Waals surface area contributed by atoms with Crippen LogP contribution in [0.1, 0.15) is 37.7 Å². The van der Waals surface area contributed by atoms with Crippen LogP contribution in [-0.2, 0) is 6.42 Å². The number of nitrogens with one attached hydrogen (secondary N) is 1. The molecular formula is C17H28Cl2N2. The molecule has 4 heteroatoms. The molecule has 0 spiro atoms. The predicted octanol–water partition coefficient (Wildman–Crippen LogP) is 4.06. The van der Waals surface area contributed by atoms with Gasteiger partial charge < -0.3 is 10.2 Å². The third-order valence-corrected chi connectivity index (χ3v) is 4.64. The summed E-state index contributed by atoms with van der Waals surface area (Å²) >= 11 is 0. The Balaban J connectivity index is 0.00000110. The minimum Gasteiger partial charge on any atom is -0.372 e. The van der Waals surface area contributed by atoms with Crippen LogP contribution in [-0.4, -0.2) is 26.2 Å². The van der Waals surface area contributed by atoms with Gasteiger partial charge in [-0.15, -0.1) is 24.8 Å². The van der Waals surface area contributed by atoms with Crippen molar-refractivity contribution in [2.45, 2.75) is 38.5 Å². The molecule has 2 nitrogen and oxygen atoms in total. The number of piperidine rings is 2. The summed E-state index contributed by atoms with van der Waals surface area (Å²) in [5.41, 5.74) is 2.95. The van der Waals surface area contributed by atoms with E-state index in [2.05, 4.69) is 34.5 Å². The van der Waals surface area contributed by atoms with Crippen molar-refractivity contribution in [2.75, 3.05) is 31.1 Å². The molecule has 0 aliphatic carbocycles. The smallest absolute Gasteiger partial charge is 0.0366 e. The van der Waals surface area contributed by atoms with E-state index in [1.54, 1.807) is 0 Å². The summed E-state index contributed by atoms with van der Waals surface area (Å²) in [5, 5.41) is 3.45. The lowest BCUT2D eigenvalue weighted by Gasteiger charge is -2.29. The number of anilines is 1. The molecule has 2 aliphatic heterocycles. The predicted molar refractivity (Wildman–Crippen MR) is 96.3 cm³/mol. The van der Waals surface area contributed by atoms with E-state index >= 15 is 0 Å². The maximum Gasteiger partial charge on any atom is 0.0366 e. The van der Waals surface area contributed by atoms with Gasteiger partial charge >= 0.3 is 0 Å². The lowest BCUT2D eigenvalue weighted by molar-refractivity contribution is 0.372. The average Bonchev–Trinajstić information content (AvgIpc) is 2.50. The van der Waals surface area contributed by atoms with Crippen LogP contribution in [0.3, 0.4) is 0 Å². The largest absolute Gasteiger partial charge is 0.372 e. The monoisotopic (exact) mass is 330 g/mol. The van der Waals surface area contributed by atoms with Gasteiger partial charge in [0, 0.05) is 18.8 Å². The van der Waals surface area contributed by atoms with Crippen molar-refractivity contribution in [2.24, 2.45) is 5.92 Å². The van der Waals surface area contributed by atoms with Crippen molar-refractivity contribution in [1.82, 2.24) is 5.32 Å². The van der Waals surface area contributed by atoms with Gasteiger partial charge in [-0.05, 0) is 75.2 Å². The van der Waals surface area contributed by atoms with Crippen LogP contribution in [0.15, 0.2) is 24.3 Å². The first-order valence-electron chi connectivity index (χ1n) is 7.96. The van der Waals surface area contributed by atoms with E-state index in [0.717, 1.165) is 5.92 Å². The van der Waals surface area contributed by atoms with Crippen LogP contribution < -0.4 is 10.2 Å². The van der Waals surface area contributed by atoms with Crippen molar-refractivity contribution in [3.05, 3.63) is 29.8 Å². The van der Waals surface area contributed by atoms with Gasteiger partial charge in [-0.3, -0.25) is 0 Å². The zero-order valence-corrected chi connectivity index (χ0v) is 14.4. The highest BCUT2D eigenvalue weighted by Crippen LogP contribution is 2.23. The Hall–Kier alpha value is -0.440. The molecule has 0 amide bonds. The molecule has 1 aromatic rings. The van der Waals surface area contributed by atoms with Crippen molar-refractivity contribution in [1.29, 1.82) is 0 Å². The number of hydrogen-bond acceptors (Lipinski definition) is 2. The lowest BCUT2D eigenvalue weighted by Crippen LogP contribution is -2.29. The number of hydrogen-bond donors (Lipinski definition) is 1. The summed E-state index contributed by atoms with van der Waals surface area (Å²) in [6.45, 7) is 4.90. The second-order valence-corrected chi connectivity index (χ2v) is 6.11. The molecule has 21 heavy (non-hydrogen) atoms. The highest BCUT2D eigenvalue weighted by atomic mass is 35.5. The topological polar surface area (TPSA) is 15.3 Å². The molecule has 0 saturated carbocycles. The fraction of sp³-hybridized carbons (Fsp3) is 0.647. The van der Waals surface area contributed by atoms with Crippen LogP contribution in [0.5, 0.6) is 0 Å². The lowest BCUT2D eigenvalue weighted by atomic mass is 9.91. The van der Waals surface area contributed by atoms with Gasteiger partial charge in [0.05, 0.1) is 0 Å². The van der Waals surface area contributed by atoms with Crippen LogP contribution >= 0.6 is 24.8 Å². The third-order valence-electron chi connectivity index (χ3n) is 4.64. The van der Waals surface area contributed by atoms with Gasteiger partial charge in [0.15, 0.2) is 0 Å². The highest BCUT2D eigenvalue weighted by molar-refractivity contribution is 5.85. The molecule has 2 saturated heterocycles. The fourth-order valence-corrected chi connectivity index (χ4v) is 3.41. The summed E-state index contributed by atoms with van der Waals surface area (Å²) in [7, 11) is 0. The SMILES string of the molecule is Cl.Cl.c1cc(N2CCCCC2)ccc1CC1CCNCC1. The molecule has 0 atom stereocenters. The van der Waals surface area contributed by atoms with E-state index in [0.29, 0.717) is 0 Å². The summed E-state index contributed by atoms with van der Waals surface area (Å²) < 4.78 is 0. The molecule has 3 rings (SSSR count). The Morgan fingerprint density at radius 2 is 1.52 bits per heavy atom. The number of rotatable bonds is 3. The summed E-state index contributed by atoms with van der Waals surface area (Å²) in [6.07, 6.45) is 8.07. The highest BCUT2D eigenvalue weighted by Gasteiger charge is 2.14. The van der Waals surface area contributed by atoms with Crippen LogP contribution in [0, 0.1) is 5.92 Å². The van der Waals surface area contributed by atoms with Gasteiger partial charge in [-0.25, -0.2) is 0 Å². The Labute approximate surface area is 141 Å². The Morgan fingerprint density at radius 1 is 0.905 bits per heavy atom. The average molecular weight is 331 g/mol. The third kappa shape index (κ3) is 5.36. The van der Waals surface area contributed by atoms with E-state index in [9.17, 15) is 0 Å². The summed E-state index contributed by atoms with van der Waals surface area (Å²) in [5.74, 6) is 0.891. The second-order valence-electron chi connectivity index (χ2n) is 6.11. The van der Waals surface area contributed by atoms with Crippen molar-refractivity contribution >= 4 is 30.5 Å². The Kier molecular flexibility index (Phi) is 8.46. The van der Waals surface area contributed by atoms with E-state index < -0.39 is 0 Å². The first kappa shape index (κ1) is 18.6. The van der Waals surface area contributed by atoms with Crippen molar-refractivity contribution in [3.63, 3.8) is 0 Å². The fourth-order valence-electron chi connectivity index (χ4n) is 3.41. The molecule has 120 valence electrons. The zero-order chi connectivity index (χ0) is 12.9. The van der Waals surface area contributed by atoms with E-state index in [4.69, 9.17) is 0 Å². The Morgan fingerprint density at radius 3 is 2.14 bits per heavy atom. The standard InChI is InChI=1S/C17H26N2.2ClH/c1-2-12-19(13-3-1)17-6-4-15(5-7-17)14-16-8-10-18-11-9-16;;/h4-7,16,18H,1-3,8-14H2;2*1H. The molecule has 0 unspecified atom stereocenters. The molecule has 1 N–H and O–H groups in total. The van der Waals surface area contributed by atoms with Crippen molar-refractivity contribution in [3.8, 4) is 0 Å². The second kappa shape index (κ2) is 9.55. The van der Waals surface area contributed by atoms with Crippen LogP contribution in [0.4, 0.5) is 5.69 Å². The first-order chi connectivity index (χ1) is 9.42. The van der Waals surface area contributed by atoms with E-state index in [-0.39, 0.29) is 24.8 Å². The maximum atomic E-state index is 3.45. The van der Waals surface area contributed by atoms with Gasteiger partial charge in [-0.2, -0.15) is 0 Å². The first-order valence-corrected chi connectivity index (χ1v) is 7.96. The molecule has 2 heterocycles. The van der Waals surface area contributed by atoms with Crippen molar-refractivity contribution < 1.29 is 0 Å². The molecule has 0 bridgehead atoms. The number of halogens is 2. The molecule has 0 aromatic heterocycles. The van der Waals surface area contributed by atoms with Crippen LogP contribution in [0.2, 0.25) is 0 Å². The van der Waals surface area contributed by atoms with Gasteiger partial charge in [0.1, 0.15) is 0 Å². The quantitative estimate of drug-likeness (QED) is 0.898. The summed E-state index contributed by atoms with van der Waals surface area (Å²) in [4.78, 5) is 2.54. The summed E-state index contributed by atoms with van der Waals surface area (Å²) in [6, 6.07) is 9.38. The molecule has 0 radical (unpaired) electrons. The zero-order valence-electron chi connectivity index (χ0n) is 12.7. The molecule has 2 fully saturated rings. The van der Waals surface area contributed by atoms with Crippen LogP contribution in [0.25, 0.3) is 0 Å². The van der Waals surface area contributed by atoms with Gasteiger partial charge in [0.2, 0.25) is 0 Å². The minimum absolute atomic E-state index is 0. The number of nitrogens with zero attached hydrogens (tertiary/aromatic N) is 1.